The number of H-pyrrole nitrogens is 1. The van der Waals surface area contributed by atoms with Crippen molar-refractivity contribution in [3.63, 3.8) is 0 Å². The Labute approximate surface area is 132 Å². The van der Waals surface area contributed by atoms with Gasteiger partial charge in [0.1, 0.15) is 0 Å². The van der Waals surface area contributed by atoms with Crippen molar-refractivity contribution < 1.29 is 9.90 Å². The maximum Gasteiger partial charge on any atom is 0.255 e. The molecule has 0 spiro atoms. The van der Waals surface area contributed by atoms with Crippen LogP contribution in [0.5, 0.6) is 0 Å². The number of aromatic amines is 1. The highest BCUT2D eigenvalue weighted by Crippen LogP contribution is 2.14. The second-order valence-corrected chi connectivity index (χ2v) is 5.58. The Morgan fingerprint density at radius 2 is 2.09 bits per heavy atom. The highest BCUT2D eigenvalue weighted by atomic mass is 32.2. The third-order valence-corrected chi connectivity index (χ3v) is 3.83. The molecule has 1 aromatic carbocycles. The largest absolute Gasteiger partial charge is 0.396 e. The molecule has 1 amide bonds. The molecule has 0 unspecified atom stereocenters. The smallest absolute Gasteiger partial charge is 0.255 e. The zero-order valence-corrected chi connectivity index (χ0v) is 12.9. The maximum absolute atomic E-state index is 11.9. The van der Waals surface area contributed by atoms with Gasteiger partial charge in [0.2, 0.25) is 5.91 Å². The van der Waals surface area contributed by atoms with E-state index in [0.29, 0.717) is 16.4 Å². The molecule has 0 aliphatic carbocycles. The number of carbonyl (C=O) groups excluding carboxylic acids is 1. The third-order valence-electron chi connectivity index (χ3n) is 2.96. The van der Waals surface area contributed by atoms with Crippen molar-refractivity contribution in [1.29, 1.82) is 0 Å². The summed E-state index contributed by atoms with van der Waals surface area (Å²) in [6.07, 6.45) is 0.271. The number of para-hydroxylation sites is 1. The fourth-order valence-electron chi connectivity index (χ4n) is 1.91. The minimum Gasteiger partial charge on any atom is -0.396 e. The fraction of sp³-hybridized carbons (Fsp3) is 0.267. The molecule has 0 fully saturated rings. The molecule has 0 aliphatic heterocycles. The number of hydrogen-bond donors (Lipinski definition) is 3. The van der Waals surface area contributed by atoms with Crippen LogP contribution in [0.25, 0.3) is 0 Å². The van der Waals surface area contributed by atoms with E-state index in [2.05, 4.69) is 15.3 Å². The van der Waals surface area contributed by atoms with Gasteiger partial charge in [0, 0.05) is 30.0 Å². The Morgan fingerprint density at radius 1 is 1.36 bits per heavy atom. The molecule has 3 N–H and O–H groups in total. The molecule has 2 aromatic rings. The van der Waals surface area contributed by atoms with Gasteiger partial charge in [0.15, 0.2) is 5.16 Å². The summed E-state index contributed by atoms with van der Waals surface area (Å²) in [6, 6.07) is 9.15. The molecule has 6 nitrogen and oxygen atoms in total. The average molecular weight is 319 g/mol. The van der Waals surface area contributed by atoms with Crippen LogP contribution in [0.2, 0.25) is 0 Å². The monoisotopic (exact) mass is 319 g/mol. The first-order chi connectivity index (χ1) is 10.6. The van der Waals surface area contributed by atoms with Crippen LogP contribution in [0, 0.1) is 6.92 Å². The van der Waals surface area contributed by atoms with Crippen molar-refractivity contribution in [1.82, 2.24) is 9.97 Å². The van der Waals surface area contributed by atoms with E-state index in [0.717, 1.165) is 17.4 Å². The predicted octanol–water partition coefficient (Wildman–Crippen LogP) is 1.34. The lowest BCUT2D eigenvalue weighted by Gasteiger charge is -2.07. The van der Waals surface area contributed by atoms with E-state index < -0.39 is 0 Å². The number of nitrogens with one attached hydrogen (secondary N) is 2. The SMILES string of the molecule is Cc1nc(SCC(=O)Nc2ccccc2)[nH]c(=O)c1CCO. The van der Waals surface area contributed by atoms with E-state index in [4.69, 9.17) is 5.11 Å². The van der Waals surface area contributed by atoms with Gasteiger partial charge in [-0.15, -0.1) is 0 Å². The molecule has 0 atom stereocenters. The molecule has 22 heavy (non-hydrogen) atoms. The summed E-state index contributed by atoms with van der Waals surface area (Å²) in [5.74, 6) is -0.0210. The number of nitrogens with zero attached hydrogens (tertiary/aromatic N) is 1. The molecule has 2 rings (SSSR count). The van der Waals surface area contributed by atoms with Crippen molar-refractivity contribution in [3.05, 3.63) is 51.9 Å². The number of carbonyl (C=O) groups is 1. The molecule has 0 bridgehead atoms. The summed E-state index contributed by atoms with van der Waals surface area (Å²) in [4.78, 5) is 30.6. The van der Waals surface area contributed by atoms with Crippen LogP contribution >= 0.6 is 11.8 Å². The van der Waals surface area contributed by atoms with Crippen LogP contribution < -0.4 is 10.9 Å². The first kappa shape index (κ1) is 16.3. The molecule has 0 radical (unpaired) electrons. The number of thioether (sulfide) groups is 1. The standard InChI is InChI=1S/C15H17N3O3S/c1-10-12(7-8-19)14(21)18-15(16-10)22-9-13(20)17-11-5-3-2-4-6-11/h2-6,19H,7-9H2,1H3,(H,17,20)(H,16,18,21). The average Bonchev–Trinajstić information content (AvgIpc) is 2.50. The van der Waals surface area contributed by atoms with Gasteiger partial charge in [-0.05, 0) is 19.1 Å². The molecule has 0 saturated heterocycles. The number of amides is 1. The highest BCUT2D eigenvalue weighted by molar-refractivity contribution is 7.99. The Morgan fingerprint density at radius 3 is 2.73 bits per heavy atom. The number of aliphatic hydroxyl groups is 1. The number of anilines is 1. The Hall–Kier alpha value is -2.12. The van der Waals surface area contributed by atoms with Crippen molar-refractivity contribution in [3.8, 4) is 0 Å². The summed E-state index contributed by atoms with van der Waals surface area (Å²) >= 11 is 1.16. The second kappa shape index (κ2) is 7.77. The van der Waals surface area contributed by atoms with E-state index in [1.54, 1.807) is 19.1 Å². The van der Waals surface area contributed by atoms with Gasteiger partial charge in [-0.25, -0.2) is 4.98 Å². The van der Waals surface area contributed by atoms with Gasteiger partial charge >= 0.3 is 0 Å². The minimum atomic E-state index is -0.271. The molecule has 1 heterocycles. The molecular formula is C15H17N3O3S. The third kappa shape index (κ3) is 4.44. The molecule has 0 saturated carbocycles. The number of hydrogen-bond acceptors (Lipinski definition) is 5. The van der Waals surface area contributed by atoms with Crippen molar-refractivity contribution in [2.24, 2.45) is 0 Å². The summed E-state index contributed by atoms with van der Waals surface area (Å²) in [5.41, 5.74) is 1.50. The van der Waals surface area contributed by atoms with Gasteiger partial charge in [-0.3, -0.25) is 9.59 Å². The number of aliphatic hydroxyl groups excluding tert-OH is 1. The quantitative estimate of drug-likeness (QED) is 0.552. The summed E-state index contributed by atoms with van der Waals surface area (Å²) in [5, 5.41) is 12.1. The highest BCUT2D eigenvalue weighted by Gasteiger charge is 2.10. The number of aryl methyl sites for hydroxylation is 1. The lowest BCUT2D eigenvalue weighted by atomic mass is 10.2. The zero-order chi connectivity index (χ0) is 15.9. The van der Waals surface area contributed by atoms with Crippen LogP contribution in [0.3, 0.4) is 0 Å². The molecule has 7 heteroatoms. The van der Waals surface area contributed by atoms with Crippen molar-refractivity contribution >= 4 is 23.4 Å². The second-order valence-electron chi connectivity index (χ2n) is 4.61. The fourth-order valence-corrected chi connectivity index (χ4v) is 2.62. The van der Waals surface area contributed by atoms with Gasteiger partial charge in [0.05, 0.1) is 5.75 Å². The van der Waals surface area contributed by atoms with E-state index in [1.165, 1.54) is 0 Å². The van der Waals surface area contributed by atoms with Crippen molar-refractivity contribution in [2.75, 3.05) is 17.7 Å². The van der Waals surface area contributed by atoms with Crippen LogP contribution in [-0.2, 0) is 11.2 Å². The lowest BCUT2D eigenvalue weighted by molar-refractivity contribution is -0.113. The zero-order valence-electron chi connectivity index (χ0n) is 12.1. The Bertz CT molecular complexity index is 701. The van der Waals surface area contributed by atoms with E-state index in [9.17, 15) is 9.59 Å². The normalized spacial score (nSPS) is 10.5. The Kier molecular flexibility index (Phi) is 5.74. The van der Waals surface area contributed by atoms with Gasteiger partial charge < -0.3 is 15.4 Å². The molecule has 0 aliphatic rings. The first-order valence-electron chi connectivity index (χ1n) is 6.78. The summed E-state index contributed by atoms with van der Waals surface area (Å²) in [7, 11) is 0. The number of rotatable bonds is 6. The van der Waals surface area contributed by atoms with E-state index >= 15 is 0 Å². The predicted molar refractivity (Wildman–Crippen MR) is 86.2 cm³/mol. The van der Waals surface area contributed by atoms with E-state index in [1.807, 2.05) is 18.2 Å². The maximum atomic E-state index is 11.9. The Balaban J connectivity index is 1.97. The first-order valence-corrected chi connectivity index (χ1v) is 7.77. The van der Waals surface area contributed by atoms with Crippen LogP contribution in [0.4, 0.5) is 5.69 Å². The van der Waals surface area contributed by atoms with Gasteiger partial charge in [-0.2, -0.15) is 0 Å². The number of benzene rings is 1. The lowest BCUT2D eigenvalue weighted by Crippen LogP contribution is -2.19. The van der Waals surface area contributed by atoms with Gasteiger partial charge in [0.25, 0.3) is 5.56 Å². The molecule has 116 valence electrons. The van der Waals surface area contributed by atoms with Crippen LogP contribution in [0.1, 0.15) is 11.3 Å². The topological polar surface area (TPSA) is 95.1 Å². The summed E-state index contributed by atoms with van der Waals surface area (Å²) in [6.45, 7) is 1.62. The van der Waals surface area contributed by atoms with Gasteiger partial charge in [-0.1, -0.05) is 30.0 Å². The molecule has 1 aromatic heterocycles. The van der Waals surface area contributed by atoms with Crippen LogP contribution in [-0.4, -0.2) is 33.3 Å². The molecular weight excluding hydrogens is 302 g/mol. The summed E-state index contributed by atoms with van der Waals surface area (Å²) < 4.78 is 0. The van der Waals surface area contributed by atoms with E-state index in [-0.39, 0.29) is 30.2 Å². The minimum absolute atomic E-state index is 0.0996. The van der Waals surface area contributed by atoms with Crippen molar-refractivity contribution in [2.45, 2.75) is 18.5 Å². The van der Waals surface area contributed by atoms with Crippen LogP contribution in [0.15, 0.2) is 40.3 Å². The number of aromatic nitrogens is 2.